The summed E-state index contributed by atoms with van der Waals surface area (Å²) in [6.45, 7) is 20.0. The van der Waals surface area contributed by atoms with Crippen LogP contribution in [0.2, 0.25) is 0 Å². The number of anilines is 1. The number of ether oxygens (including phenoxy) is 3. The topological polar surface area (TPSA) is 327 Å². The molecule has 1 unspecified atom stereocenters. The molecular formula is C70H111N11O14. The maximum Gasteiger partial charge on any atom is 0.328 e. The summed E-state index contributed by atoms with van der Waals surface area (Å²) in [6.07, 6.45) is 3.49. The molecule has 12 atom stereocenters. The molecule has 25 nitrogen and oxygen atoms in total. The van der Waals surface area contributed by atoms with Crippen molar-refractivity contribution in [3.8, 4) is 0 Å². The van der Waals surface area contributed by atoms with E-state index in [0.29, 0.717) is 76.7 Å². The second kappa shape index (κ2) is 39.5. The molecule has 0 spiro atoms. The van der Waals surface area contributed by atoms with Crippen molar-refractivity contribution in [1.29, 1.82) is 0 Å². The molecule has 2 aromatic carbocycles. The van der Waals surface area contributed by atoms with E-state index in [1.165, 1.54) is 26.2 Å². The highest BCUT2D eigenvalue weighted by atomic mass is 16.5. The average molecular weight is 1330 g/mol. The third-order valence-corrected chi connectivity index (χ3v) is 18.5. The number of methoxy groups -OCH3 is 3. The van der Waals surface area contributed by atoms with Gasteiger partial charge >= 0.3 is 12.0 Å². The minimum atomic E-state index is -1.06. The van der Waals surface area contributed by atoms with Crippen molar-refractivity contribution in [2.45, 2.75) is 207 Å². The van der Waals surface area contributed by atoms with Gasteiger partial charge in [-0.3, -0.25) is 53.0 Å². The average Bonchev–Trinajstić information content (AvgIpc) is 1.87. The van der Waals surface area contributed by atoms with Crippen LogP contribution in [0.25, 0.3) is 0 Å². The number of nitrogens with zero attached hydrogens (tertiary/aromatic N) is 4. The van der Waals surface area contributed by atoms with Gasteiger partial charge in [-0.1, -0.05) is 125 Å². The molecule has 4 rings (SSSR count). The fourth-order valence-electron chi connectivity index (χ4n) is 12.9. The first-order valence-electron chi connectivity index (χ1n) is 33.9. The van der Waals surface area contributed by atoms with Crippen molar-refractivity contribution < 1.29 is 67.0 Å². The number of imide groups is 1. The highest BCUT2D eigenvalue weighted by Gasteiger charge is 2.44. The Bertz CT molecular complexity index is 2860. The lowest BCUT2D eigenvalue weighted by Gasteiger charge is -2.41. The van der Waals surface area contributed by atoms with Crippen molar-refractivity contribution in [1.82, 2.24) is 46.2 Å². The molecule has 25 heteroatoms. The van der Waals surface area contributed by atoms with Crippen molar-refractivity contribution in [2.24, 2.45) is 41.2 Å². The number of hydrogen-bond donors (Lipinski definition) is 7. The number of carbonyl (C=O) groups is 11. The van der Waals surface area contributed by atoms with Crippen LogP contribution in [-0.2, 0) is 75.0 Å². The Hall–Kier alpha value is -7.51. The van der Waals surface area contributed by atoms with Crippen LogP contribution in [0.3, 0.4) is 0 Å². The van der Waals surface area contributed by atoms with Crippen LogP contribution in [0.15, 0.2) is 54.6 Å². The second-order valence-corrected chi connectivity index (χ2v) is 26.8. The molecule has 0 aromatic heterocycles. The number of nitrogens with two attached hydrogens (primary N) is 1. The van der Waals surface area contributed by atoms with Crippen LogP contribution in [0.4, 0.5) is 10.5 Å². The first-order valence-corrected chi connectivity index (χ1v) is 33.9. The summed E-state index contributed by atoms with van der Waals surface area (Å²) in [6, 6.07) is 10.2. The number of esters is 1. The Morgan fingerprint density at radius 2 is 1.37 bits per heavy atom. The van der Waals surface area contributed by atoms with Gasteiger partial charge in [0.05, 0.1) is 49.8 Å². The molecule has 0 bridgehead atoms. The number of primary amides is 1. The predicted molar refractivity (Wildman–Crippen MR) is 362 cm³/mol. The van der Waals surface area contributed by atoms with Crippen LogP contribution in [0.1, 0.15) is 151 Å². The van der Waals surface area contributed by atoms with Gasteiger partial charge in [0.1, 0.15) is 24.2 Å². The Kier molecular flexibility index (Phi) is 33.2. The summed E-state index contributed by atoms with van der Waals surface area (Å²) in [5.41, 5.74) is 7.47. The maximum absolute atomic E-state index is 14.9. The summed E-state index contributed by atoms with van der Waals surface area (Å²) < 4.78 is 17.2. The smallest absolute Gasteiger partial charge is 0.328 e. The number of unbranched alkanes of at least 4 members (excludes halogenated alkanes) is 2. The van der Waals surface area contributed by atoms with E-state index in [2.05, 4.69) is 31.9 Å². The van der Waals surface area contributed by atoms with Crippen molar-refractivity contribution in [3.63, 3.8) is 0 Å². The molecule has 530 valence electrons. The third-order valence-electron chi connectivity index (χ3n) is 18.5. The highest BCUT2D eigenvalue weighted by molar-refractivity contribution is 6.03. The zero-order valence-corrected chi connectivity index (χ0v) is 59.0. The van der Waals surface area contributed by atoms with E-state index < -0.39 is 90.1 Å². The van der Waals surface area contributed by atoms with E-state index in [9.17, 15) is 52.7 Å². The largest absolute Gasteiger partial charge is 0.467 e. The summed E-state index contributed by atoms with van der Waals surface area (Å²) in [5.74, 6) is -5.73. The van der Waals surface area contributed by atoms with E-state index in [1.54, 1.807) is 56.7 Å². The van der Waals surface area contributed by atoms with E-state index >= 15 is 0 Å². The monoisotopic (exact) mass is 1330 g/mol. The highest BCUT2D eigenvalue weighted by Crippen LogP contribution is 2.30. The number of benzene rings is 2. The standard InChI is InChI=1S/C70H111N11O14/c1-16-45(8)61(54(93-13)41-57(84)80-37-24-28-53(80)62(94-14)47(10)63(85)75-52(69(91)95-15)40-49-25-19-17-20-26-49)79(12)68(90)59(43(4)5)77-66(88)60(44(6)7)78(11)38-34-48-30-32-50(33-31-48)73-64(86)51(27-23-35-72-70(71)92)74-65(87)58(42(2)3)76-55(82)29-21-18-22-36-81-56(83)39-46(9)67(81)89/h17,19-20,25-26,30-33,42-47,51-54,58-62H,16,18,21-24,27-29,34-41H2,1-15H3,(H,73,86)(H,74,87)(H,75,85)(H,76,82)(H,77,88)(H3,71,72,92)/t45-,46?,47+,51-,52-,53-,54+,58-,59-,60-,61-,62+/m0/s1. The number of rotatable bonds is 40. The Morgan fingerprint density at radius 1 is 0.716 bits per heavy atom. The Labute approximate surface area is 562 Å². The molecule has 0 radical (unpaired) electrons. The van der Waals surface area contributed by atoms with Gasteiger partial charge in [-0.05, 0) is 98.9 Å². The molecule has 2 fully saturated rings. The van der Waals surface area contributed by atoms with Crippen LogP contribution in [-0.4, -0.2) is 201 Å². The first kappa shape index (κ1) is 79.9. The van der Waals surface area contributed by atoms with Gasteiger partial charge in [-0.15, -0.1) is 0 Å². The summed E-state index contributed by atoms with van der Waals surface area (Å²) in [7, 11) is 7.85. The molecule has 95 heavy (non-hydrogen) atoms. The number of likely N-dealkylation sites (tertiary alicyclic amines) is 2. The summed E-state index contributed by atoms with van der Waals surface area (Å²) in [4.78, 5) is 154. The summed E-state index contributed by atoms with van der Waals surface area (Å²) in [5, 5.41) is 17.0. The fraction of sp³-hybridized carbons (Fsp3) is 0.671. The number of nitrogens with one attached hydrogen (secondary N) is 6. The maximum atomic E-state index is 14.9. The van der Waals surface area contributed by atoms with Gasteiger partial charge in [0.25, 0.3) is 0 Å². The molecule has 2 saturated heterocycles. The van der Waals surface area contributed by atoms with Crippen molar-refractivity contribution >= 4 is 70.9 Å². The lowest BCUT2D eigenvalue weighted by atomic mass is 9.89. The van der Waals surface area contributed by atoms with Gasteiger partial charge < -0.3 is 61.6 Å². The fourth-order valence-corrected chi connectivity index (χ4v) is 12.9. The molecule has 0 saturated carbocycles. The number of urea groups is 1. The van der Waals surface area contributed by atoms with E-state index in [0.717, 1.165) is 11.1 Å². The third kappa shape index (κ3) is 24.0. The van der Waals surface area contributed by atoms with Gasteiger partial charge in [-0.25, -0.2) is 9.59 Å². The molecule has 2 aliphatic heterocycles. The lowest BCUT2D eigenvalue weighted by Crippen LogP contribution is -2.60. The van der Waals surface area contributed by atoms with Gasteiger partial charge in [0, 0.05) is 78.3 Å². The minimum absolute atomic E-state index is 0.0722. The van der Waals surface area contributed by atoms with Crippen LogP contribution in [0, 0.1) is 35.5 Å². The summed E-state index contributed by atoms with van der Waals surface area (Å²) >= 11 is 0. The van der Waals surface area contributed by atoms with Gasteiger partial charge in [0.15, 0.2) is 0 Å². The molecule has 2 aromatic rings. The number of carbonyl (C=O) groups excluding carboxylic acids is 11. The molecule has 2 aliphatic rings. The van der Waals surface area contributed by atoms with Crippen LogP contribution in [0.5, 0.6) is 0 Å². The Balaban J connectivity index is 1.38. The quantitative estimate of drug-likeness (QED) is 0.0259. The normalized spacial score (nSPS) is 18.1. The Morgan fingerprint density at radius 3 is 1.94 bits per heavy atom. The molecular weight excluding hydrogens is 1220 g/mol. The zero-order chi connectivity index (χ0) is 70.8. The number of hydrogen-bond acceptors (Lipinski definition) is 15. The number of likely N-dealkylation sites (N-methyl/N-ethyl adjacent to an activating group) is 2. The zero-order valence-electron chi connectivity index (χ0n) is 59.0. The lowest BCUT2D eigenvalue weighted by molar-refractivity contribution is -0.149. The van der Waals surface area contributed by atoms with Crippen LogP contribution < -0.4 is 37.6 Å². The molecule has 2 heterocycles. The molecule has 0 aliphatic carbocycles. The van der Waals surface area contributed by atoms with Crippen molar-refractivity contribution in [3.05, 3.63) is 65.7 Å². The molecule has 11 amide bonds. The van der Waals surface area contributed by atoms with Crippen molar-refractivity contribution in [2.75, 3.05) is 66.9 Å². The number of amides is 11. The van der Waals surface area contributed by atoms with Crippen LogP contribution >= 0.6 is 0 Å². The SMILES string of the molecule is CC[C@H](C)[C@@H]([C@@H](CC(=O)N1CCC[C@H]1[C@H](OC)[C@@H](C)C(=O)N[C@@H](Cc1ccccc1)C(=O)OC)OC)N(C)C(=O)[C@@H](NC(=O)[C@H](C(C)C)N(C)CCc1ccc(NC(=O)[C@H](CCCNC(N)=O)NC(=O)[C@@H](NC(=O)CCCCCN2C(=O)CC(C)C2=O)C(C)C)cc1)C(C)C. The second-order valence-electron chi connectivity index (χ2n) is 26.8. The molecule has 8 N–H and O–H groups in total. The minimum Gasteiger partial charge on any atom is -0.467 e. The first-order chi connectivity index (χ1) is 45.0. The predicted octanol–water partition coefficient (Wildman–Crippen LogP) is 5.12. The van der Waals surface area contributed by atoms with E-state index in [4.69, 9.17) is 19.9 Å². The van der Waals surface area contributed by atoms with E-state index in [1.807, 2.05) is 96.0 Å². The van der Waals surface area contributed by atoms with Gasteiger partial charge in [0.2, 0.25) is 53.2 Å². The van der Waals surface area contributed by atoms with E-state index in [-0.39, 0.29) is 104 Å². The van der Waals surface area contributed by atoms with Gasteiger partial charge in [-0.2, -0.15) is 0 Å².